The molecule has 0 radical (unpaired) electrons. The van der Waals surface area contributed by atoms with E-state index in [0.717, 1.165) is 24.0 Å². The Morgan fingerprint density at radius 2 is 1.79 bits per heavy atom. The topological polar surface area (TPSA) is 76.5 Å². The zero-order chi connectivity index (χ0) is 19.9. The fourth-order valence-corrected chi connectivity index (χ4v) is 2.75. The first-order chi connectivity index (χ1) is 13.6. The molecule has 142 valence electrons. The standard InChI is InChI=1S/C23H21NO4/c1-2-3-14-28-18-11-8-16(9-12-18)15-19(22(25)23(26)27)21-13-10-17-6-4-5-7-20(17)24-21/h4-13,15H,2-3,14H2,1H3,(H,26,27)/b19-15+. The van der Waals surface area contributed by atoms with Gasteiger partial charge in [-0.1, -0.05) is 49.7 Å². The lowest BCUT2D eigenvalue weighted by molar-refractivity contribution is -0.146. The number of carboxylic acid groups (broad SMARTS) is 1. The summed E-state index contributed by atoms with van der Waals surface area (Å²) in [7, 11) is 0. The number of ketones is 1. The van der Waals surface area contributed by atoms with Crippen LogP contribution in [-0.2, 0) is 9.59 Å². The fourth-order valence-electron chi connectivity index (χ4n) is 2.75. The number of benzene rings is 2. The van der Waals surface area contributed by atoms with Crippen molar-refractivity contribution in [1.82, 2.24) is 4.98 Å². The highest BCUT2D eigenvalue weighted by atomic mass is 16.5. The van der Waals surface area contributed by atoms with Gasteiger partial charge in [0.25, 0.3) is 5.78 Å². The van der Waals surface area contributed by atoms with Crippen molar-refractivity contribution in [2.75, 3.05) is 6.61 Å². The highest BCUT2D eigenvalue weighted by Crippen LogP contribution is 2.22. The Bertz CT molecular complexity index is 1020. The summed E-state index contributed by atoms with van der Waals surface area (Å²) in [6.45, 7) is 2.74. The minimum atomic E-state index is -1.51. The van der Waals surface area contributed by atoms with Crippen molar-refractivity contribution >= 4 is 34.3 Å². The summed E-state index contributed by atoms with van der Waals surface area (Å²) in [4.78, 5) is 28.1. The van der Waals surface area contributed by atoms with Crippen molar-refractivity contribution in [3.05, 3.63) is 71.9 Å². The molecule has 0 atom stereocenters. The highest BCUT2D eigenvalue weighted by molar-refractivity contribution is 6.52. The van der Waals surface area contributed by atoms with Crippen molar-refractivity contribution < 1.29 is 19.4 Å². The Kier molecular flexibility index (Phi) is 6.17. The van der Waals surface area contributed by atoms with E-state index in [4.69, 9.17) is 4.74 Å². The number of hydrogen-bond donors (Lipinski definition) is 1. The quantitative estimate of drug-likeness (QED) is 0.353. The molecule has 3 aromatic rings. The lowest BCUT2D eigenvalue weighted by Crippen LogP contribution is -2.15. The van der Waals surface area contributed by atoms with Gasteiger partial charge in [0.15, 0.2) is 0 Å². The number of para-hydroxylation sites is 1. The van der Waals surface area contributed by atoms with Crippen LogP contribution in [0.5, 0.6) is 5.75 Å². The summed E-state index contributed by atoms with van der Waals surface area (Å²) in [5, 5.41) is 10.1. The van der Waals surface area contributed by atoms with E-state index in [1.165, 1.54) is 0 Å². The number of pyridine rings is 1. The van der Waals surface area contributed by atoms with Gasteiger partial charge in [0, 0.05) is 5.39 Å². The number of carbonyl (C=O) groups excluding carboxylic acids is 1. The maximum atomic E-state index is 12.3. The van der Waals surface area contributed by atoms with Crippen LogP contribution in [0, 0.1) is 0 Å². The van der Waals surface area contributed by atoms with Crippen LogP contribution in [0.15, 0.2) is 60.7 Å². The number of rotatable bonds is 8. The van der Waals surface area contributed by atoms with Crippen molar-refractivity contribution in [1.29, 1.82) is 0 Å². The molecule has 0 aliphatic heterocycles. The molecule has 2 aromatic carbocycles. The number of nitrogens with zero attached hydrogens (tertiary/aromatic N) is 1. The van der Waals surface area contributed by atoms with E-state index in [1.807, 2.05) is 30.3 Å². The van der Waals surface area contributed by atoms with E-state index in [9.17, 15) is 14.7 Å². The second kappa shape index (κ2) is 8.95. The Morgan fingerprint density at radius 1 is 1.04 bits per heavy atom. The van der Waals surface area contributed by atoms with Crippen LogP contribution >= 0.6 is 0 Å². The van der Waals surface area contributed by atoms with Gasteiger partial charge in [-0.25, -0.2) is 9.78 Å². The zero-order valence-corrected chi connectivity index (χ0v) is 15.6. The summed E-state index contributed by atoms with van der Waals surface area (Å²) in [6.07, 6.45) is 3.58. The third-order valence-electron chi connectivity index (χ3n) is 4.27. The lowest BCUT2D eigenvalue weighted by atomic mass is 10.0. The lowest BCUT2D eigenvalue weighted by Gasteiger charge is -2.07. The van der Waals surface area contributed by atoms with E-state index in [2.05, 4.69) is 11.9 Å². The number of carboxylic acids is 1. The number of ether oxygens (including phenoxy) is 1. The molecule has 0 aliphatic carbocycles. The van der Waals surface area contributed by atoms with Crippen molar-refractivity contribution in [2.24, 2.45) is 0 Å². The SMILES string of the molecule is CCCCOc1ccc(/C=C(/C(=O)C(=O)O)c2ccc3ccccc3n2)cc1. The van der Waals surface area contributed by atoms with Crippen molar-refractivity contribution in [3.63, 3.8) is 0 Å². The second-order valence-corrected chi connectivity index (χ2v) is 6.35. The Morgan fingerprint density at radius 3 is 2.50 bits per heavy atom. The van der Waals surface area contributed by atoms with Crippen molar-refractivity contribution in [2.45, 2.75) is 19.8 Å². The molecular formula is C23H21NO4. The first-order valence-electron chi connectivity index (χ1n) is 9.17. The molecule has 0 unspecified atom stereocenters. The number of fused-ring (bicyclic) bond motifs is 1. The number of hydrogen-bond acceptors (Lipinski definition) is 4. The molecule has 0 bridgehead atoms. The van der Waals surface area contributed by atoms with Crippen LogP contribution in [0.25, 0.3) is 22.6 Å². The predicted molar refractivity (Wildman–Crippen MR) is 109 cm³/mol. The molecule has 5 heteroatoms. The average molecular weight is 375 g/mol. The van der Waals surface area contributed by atoms with E-state index in [-0.39, 0.29) is 5.57 Å². The number of aliphatic carboxylic acids is 1. The van der Waals surface area contributed by atoms with Gasteiger partial charge in [0.2, 0.25) is 0 Å². The van der Waals surface area contributed by atoms with Gasteiger partial charge < -0.3 is 9.84 Å². The molecule has 1 aromatic heterocycles. The first-order valence-corrected chi connectivity index (χ1v) is 9.17. The molecule has 3 rings (SSSR count). The molecule has 0 spiro atoms. The van der Waals surface area contributed by atoms with Gasteiger partial charge in [0.05, 0.1) is 23.4 Å². The Balaban J connectivity index is 1.95. The average Bonchev–Trinajstić information content (AvgIpc) is 2.72. The summed E-state index contributed by atoms with van der Waals surface area (Å²) in [5.41, 5.74) is 1.76. The van der Waals surface area contributed by atoms with Crippen LogP contribution in [-0.4, -0.2) is 28.4 Å². The van der Waals surface area contributed by atoms with Crippen LogP contribution in [0.1, 0.15) is 31.0 Å². The third kappa shape index (κ3) is 4.62. The monoisotopic (exact) mass is 375 g/mol. The number of unbranched alkanes of at least 4 members (excludes halogenated alkanes) is 1. The molecule has 0 amide bonds. The van der Waals surface area contributed by atoms with Crippen LogP contribution < -0.4 is 4.74 Å². The molecular weight excluding hydrogens is 354 g/mol. The molecule has 5 nitrogen and oxygen atoms in total. The third-order valence-corrected chi connectivity index (χ3v) is 4.27. The largest absolute Gasteiger partial charge is 0.494 e. The van der Waals surface area contributed by atoms with Gasteiger partial charge in [-0.2, -0.15) is 0 Å². The molecule has 0 saturated heterocycles. The second-order valence-electron chi connectivity index (χ2n) is 6.35. The Labute approximate surface area is 163 Å². The van der Waals surface area contributed by atoms with Crippen LogP contribution in [0.3, 0.4) is 0 Å². The van der Waals surface area contributed by atoms with Gasteiger partial charge in [-0.3, -0.25) is 4.79 Å². The summed E-state index contributed by atoms with van der Waals surface area (Å²) >= 11 is 0. The summed E-state index contributed by atoms with van der Waals surface area (Å²) in [5.74, 6) is -1.77. The summed E-state index contributed by atoms with van der Waals surface area (Å²) in [6, 6.07) is 18.1. The summed E-state index contributed by atoms with van der Waals surface area (Å²) < 4.78 is 5.63. The molecule has 0 aliphatic rings. The fraction of sp³-hybridized carbons (Fsp3) is 0.174. The van der Waals surface area contributed by atoms with Crippen molar-refractivity contribution in [3.8, 4) is 5.75 Å². The zero-order valence-electron chi connectivity index (χ0n) is 15.6. The normalized spacial score (nSPS) is 11.4. The number of carbonyl (C=O) groups is 2. The van der Waals surface area contributed by atoms with Crippen LogP contribution in [0.4, 0.5) is 0 Å². The van der Waals surface area contributed by atoms with Gasteiger partial charge in [-0.05, 0) is 42.3 Å². The maximum Gasteiger partial charge on any atom is 0.377 e. The van der Waals surface area contributed by atoms with Crippen LogP contribution in [0.2, 0.25) is 0 Å². The van der Waals surface area contributed by atoms with E-state index in [1.54, 1.807) is 36.4 Å². The van der Waals surface area contributed by atoms with E-state index < -0.39 is 11.8 Å². The highest BCUT2D eigenvalue weighted by Gasteiger charge is 2.21. The molecule has 1 heterocycles. The Hall–Kier alpha value is -3.47. The number of aromatic nitrogens is 1. The molecule has 1 N–H and O–H groups in total. The van der Waals surface area contributed by atoms with Gasteiger partial charge in [0.1, 0.15) is 5.75 Å². The minimum Gasteiger partial charge on any atom is -0.494 e. The predicted octanol–water partition coefficient (Wildman–Crippen LogP) is 4.61. The first kappa shape index (κ1) is 19.3. The molecule has 0 fully saturated rings. The van der Waals surface area contributed by atoms with Gasteiger partial charge >= 0.3 is 5.97 Å². The minimum absolute atomic E-state index is 0.0397. The van der Waals surface area contributed by atoms with E-state index in [0.29, 0.717) is 23.4 Å². The number of Topliss-reactive ketones (excluding diaryl/α,β-unsaturated/α-hetero) is 1. The van der Waals surface area contributed by atoms with E-state index >= 15 is 0 Å². The molecule has 28 heavy (non-hydrogen) atoms. The molecule has 0 saturated carbocycles. The smallest absolute Gasteiger partial charge is 0.377 e. The van der Waals surface area contributed by atoms with Gasteiger partial charge in [-0.15, -0.1) is 0 Å². The maximum absolute atomic E-state index is 12.3.